The molecule has 4 heteroatoms. The first-order chi connectivity index (χ1) is 8.13. The molecule has 0 fully saturated rings. The van der Waals surface area contributed by atoms with Gasteiger partial charge in [-0.2, -0.15) is 0 Å². The first kappa shape index (κ1) is 13.6. The molecule has 1 atom stereocenters. The molecule has 3 N–H and O–H groups in total. The molecule has 0 saturated carbocycles. The van der Waals surface area contributed by atoms with Crippen molar-refractivity contribution in [2.75, 3.05) is 6.54 Å². The van der Waals surface area contributed by atoms with Crippen LogP contribution in [-0.4, -0.2) is 22.6 Å². The van der Waals surface area contributed by atoms with Crippen LogP contribution in [0.4, 0.5) is 0 Å². The van der Waals surface area contributed by atoms with E-state index in [1.807, 2.05) is 13.0 Å². The highest BCUT2D eigenvalue weighted by atomic mass is 16.4. The Labute approximate surface area is 102 Å². The number of carboxylic acids is 1. The van der Waals surface area contributed by atoms with Gasteiger partial charge in [0, 0.05) is 12.4 Å². The highest BCUT2D eigenvalue weighted by molar-refractivity contribution is 5.70. The molecule has 0 aliphatic heterocycles. The second-order valence-corrected chi connectivity index (χ2v) is 4.39. The number of pyridine rings is 1. The summed E-state index contributed by atoms with van der Waals surface area (Å²) in [6, 6.07) is 1.99. The number of hydrogen-bond acceptors (Lipinski definition) is 3. The van der Waals surface area contributed by atoms with Crippen LogP contribution in [0.5, 0.6) is 0 Å². The number of hydrogen-bond donors (Lipinski definition) is 2. The third-order valence-electron chi connectivity index (χ3n) is 2.77. The summed E-state index contributed by atoms with van der Waals surface area (Å²) in [5.41, 5.74) is 7.46. The largest absolute Gasteiger partial charge is 0.481 e. The number of nitrogens with two attached hydrogens (primary N) is 1. The normalized spacial score (nSPS) is 12.4. The van der Waals surface area contributed by atoms with Gasteiger partial charge in [0.15, 0.2) is 0 Å². The van der Waals surface area contributed by atoms with Crippen LogP contribution in [0.2, 0.25) is 0 Å². The molecule has 0 spiro atoms. The average molecular weight is 236 g/mol. The van der Waals surface area contributed by atoms with Gasteiger partial charge in [-0.1, -0.05) is 12.5 Å². The van der Waals surface area contributed by atoms with Gasteiger partial charge < -0.3 is 10.8 Å². The zero-order valence-electron chi connectivity index (χ0n) is 10.2. The lowest BCUT2D eigenvalue weighted by molar-refractivity contribution is -0.142. The van der Waals surface area contributed by atoms with Crippen molar-refractivity contribution < 1.29 is 9.90 Å². The first-order valence-corrected chi connectivity index (χ1v) is 5.97. The zero-order valence-corrected chi connectivity index (χ0v) is 10.2. The summed E-state index contributed by atoms with van der Waals surface area (Å²) in [6.45, 7) is 2.58. The number of aliphatic carboxylic acids is 1. The molecule has 4 nitrogen and oxygen atoms in total. The minimum Gasteiger partial charge on any atom is -0.481 e. The molecular formula is C13H20N2O2. The Hall–Kier alpha value is -1.42. The number of nitrogens with zero attached hydrogens (tertiary/aromatic N) is 1. The Balaban J connectivity index is 2.57. The molecule has 1 heterocycles. The fourth-order valence-corrected chi connectivity index (χ4v) is 1.86. The fourth-order valence-electron chi connectivity index (χ4n) is 1.86. The predicted molar refractivity (Wildman–Crippen MR) is 66.7 cm³/mol. The number of aryl methyl sites for hydroxylation is 1. The van der Waals surface area contributed by atoms with Gasteiger partial charge in [-0.05, 0) is 43.9 Å². The summed E-state index contributed by atoms with van der Waals surface area (Å²) in [5, 5.41) is 9.15. The molecule has 1 aromatic rings. The maximum atomic E-state index is 11.1. The summed E-state index contributed by atoms with van der Waals surface area (Å²) >= 11 is 0. The maximum Gasteiger partial charge on any atom is 0.306 e. The lowest BCUT2D eigenvalue weighted by Crippen LogP contribution is -2.17. The Kier molecular flexibility index (Phi) is 5.63. The van der Waals surface area contributed by atoms with Crippen molar-refractivity contribution in [1.29, 1.82) is 0 Å². The molecule has 1 rings (SSSR count). The van der Waals surface area contributed by atoms with E-state index in [1.165, 1.54) is 0 Å². The van der Waals surface area contributed by atoms with Crippen LogP contribution in [-0.2, 0) is 11.2 Å². The molecule has 0 radical (unpaired) electrons. The maximum absolute atomic E-state index is 11.1. The topological polar surface area (TPSA) is 76.2 Å². The van der Waals surface area contributed by atoms with Gasteiger partial charge in [-0.25, -0.2) is 0 Å². The molecule has 17 heavy (non-hydrogen) atoms. The zero-order chi connectivity index (χ0) is 12.7. The molecule has 0 aromatic carbocycles. The lowest BCUT2D eigenvalue weighted by atomic mass is 9.94. The Morgan fingerprint density at radius 3 is 2.82 bits per heavy atom. The van der Waals surface area contributed by atoms with Crippen LogP contribution < -0.4 is 5.73 Å². The van der Waals surface area contributed by atoms with Crippen LogP contribution in [0.3, 0.4) is 0 Å². The number of unbranched alkanes of at least 4 members (excludes halogenated alkanes) is 1. The number of aromatic nitrogens is 1. The average Bonchev–Trinajstić information content (AvgIpc) is 2.28. The van der Waals surface area contributed by atoms with Gasteiger partial charge >= 0.3 is 5.97 Å². The van der Waals surface area contributed by atoms with Gasteiger partial charge in [0.2, 0.25) is 0 Å². The van der Waals surface area contributed by atoms with Gasteiger partial charge in [0.05, 0.1) is 5.92 Å². The summed E-state index contributed by atoms with van der Waals surface area (Å²) in [5.74, 6) is -1.06. The van der Waals surface area contributed by atoms with Gasteiger partial charge in [0.1, 0.15) is 0 Å². The molecule has 94 valence electrons. The van der Waals surface area contributed by atoms with E-state index in [-0.39, 0.29) is 5.92 Å². The molecule has 0 bridgehead atoms. The number of rotatable bonds is 7. The number of carboxylic acid groups (broad SMARTS) is 1. The van der Waals surface area contributed by atoms with Crippen molar-refractivity contribution in [3.05, 3.63) is 29.6 Å². The summed E-state index contributed by atoms with van der Waals surface area (Å²) < 4.78 is 0. The van der Waals surface area contributed by atoms with Crippen LogP contribution in [0.15, 0.2) is 18.5 Å². The minimum atomic E-state index is -0.733. The van der Waals surface area contributed by atoms with Gasteiger partial charge in [-0.15, -0.1) is 0 Å². The van der Waals surface area contributed by atoms with Crippen molar-refractivity contribution >= 4 is 5.97 Å². The summed E-state index contributed by atoms with van der Waals surface area (Å²) in [4.78, 5) is 15.2. The van der Waals surface area contributed by atoms with Crippen LogP contribution in [0.25, 0.3) is 0 Å². The van der Waals surface area contributed by atoms with E-state index in [2.05, 4.69) is 4.98 Å². The quantitative estimate of drug-likeness (QED) is 0.707. The summed E-state index contributed by atoms with van der Waals surface area (Å²) in [7, 11) is 0. The van der Waals surface area contributed by atoms with Crippen molar-refractivity contribution in [2.24, 2.45) is 11.7 Å². The van der Waals surface area contributed by atoms with E-state index in [0.717, 1.165) is 24.0 Å². The smallest absolute Gasteiger partial charge is 0.306 e. The Bertz CT molecular complexity index is 366. The van der Waals surface area contributed by atoms with E-state index < -0.39 is 5.97 Å². The van der Waals surface area contributed by atoms with Crippen molar-refractivity contribution in [2.45, 2.75) is 32.6 Å². The monoisotopic (exact) mass is 236 g/mol. The third kappa shape index (κ3) is 4.95. The van der Waals surface area contributed by atoms with Crippen molar-refractivity contribution in [1.82, 2.24) is 4.98 Å². The second-order valence-electron chi connectivity index (χ2n) is 4.39. The standard InChI is InChI=1S/C13H20N2O2/c1-10-6-11(9-15-8-10)7-12(13(16)17)4-2-3-5-14/h6,8-9,12H,2-5,7,14H2,1H3,(H,16,17). The second kappa shape index (κ2) is 7.01. The molecule has 0 aliphatic rings. The SMILES string of the molecule is Cc1cncc(CC(CCCCN)C(=O)O)c1. The van der Waals surface area contributed by atoms with Crippen LogP contribution >= 0.6 is 0 Å². The van der Waals surface area contributed by atoms with Crippen molar-refractivity contribution in [3.8, 4) is 0 Å². The van der Waals surface area contributed by atoms with Crippen molar-refractivity contribution in [3.63, 3.8) is 0 Å². The fraction of sp³-hybridized carbons (Fsp3) is 0.538. The van der Waals surface area contributed by atoms with Crippen LogP contribution in [0, 0.1) is 12.8 Å². The Morgan fingerprint density at radius 2 is 2.24 bits per heavy atom. The lowest BCUT2D eigenvalue weighted by Gasteiger charge is -2.12. The van der Waals surface area contributed by atoms with E-state index in [1.54, 1.807) is 12.4 Å². The minimum absolute atomic E-state index is 0.329. The van der Waals surface area contributed by atoms with E-state index in [4.69, 9.17) is 10.8 Å². The molecule has 0 saturated heterocycles. The third-order valence-corrected chi connectivity index (χ3v) is 2.77. The highest BCUT2D eigenvalue weighted by Gasteiger charge is 2.17. The predicted octanol–water partition coefficient (Wildman–Crippen LogP) is 1.76. The van der Waals surface area contributed by atoms with E-state index >= 15 is 0 Å². The Morgan fingerprint density at radius 1 is 1.47 bits per heavy atom. The summed E-state index contributed by atoms with van der Waals surface area (Å²) in [6.07, 6.45) is 6.50. The van der Waals surface area contributed by atoms with Gasteiger partial charge in [0.25, 0.3) is 0 Å². The molecule has 0 amide bonds. The van der Waals surface area contributed by atoms with E-state index in [9.17, 15) is 4.79 Å². The molecule has 0 aliphatic carbocycles. The van der Waals surface area contributed by atoms with Gasteiger partial charge in [-0.3, -0.25) is 9.78 Å². The number of carbonyl (C=O) groups is 1. The molecule has 1 aromatic heterocycles. The van der Waals surface area contributed by atoms with Crippen LogP contribution in [0.1, 0.15) is 30.4 Å². The molecule has 1 unspecified atom stereocenters. The highest BCUT2D eigenvalue weighted by Crippen LogP contribution is 2.15. The van der Waals surface area contributed by atoms with E-state index in [0.29, 0.717) is 19.4 Å². The molecular weight excluding hydrogens is 216 g/mol. The first-order valence-electron chi connectivity index (χ1n) is 5.97.